The van der Waals surface area contributed by atoms with Crippen LogP contribution in [-0.2, 0) is 9.59 Å². The lowest BCUT2D eigenvalue weighted by Crippen LogP contribution is -2.70. The highest BCUT2D eigenvalue weighted by atomic mass is 16.4. The molecule has 0 spiro atoms. The van der Waals surface area contributed by atoms with E-state index in [0.717, 1.165) is 6.92 Å². The van der Waals surface area contributed by atoms with Crippen LogP contribution in [0.2, 0.25) is 0 Å². The van der Waals surface area contributed by atoms with E-state index in [4.69, 9.17) is 10.2 Å². The number of hydrogen-bond donors (Lipinski definition) is 3. The van der Waals surface area contributed by atoms with Crippen molar-refractivity contribution in [1.82, 2.24) is 0 Å². The number of rotatable bonds is 4. The maximum absolute atomic E-state index is 10.3. The van der Waals surface area contributed by atoms with E-state index < -0.39 is 30.0 Å². The molecule has 0 aliphatic carbocycles. The van der Waals surface area contributed by atoms with Gasteiger partial charge in [-0.25, -0.2) is 4.79 Å². The van der Waals surface area contributed by atoms with Crippen molar-refractivity contribution >= 4 is 11.9 Å². The molecule has 5 N–H and O–H groups in total. The minimum atomic E-state index is -2.06. The van der Waals surface area contributed by atoms with Gasteiger partial charge in [-0.1, -0.05) is 0 Å². The SMILES string of the molecule is C[C@@](O)(C[C@H]([NH3+])C(=O)[O-])C(=O)O. The second-order valence-electron chi connectivity index (χ2n) is 2.80. The molecular weight excluding hydrogens is 166 g/mol. The van der Waals surface area contributed by atoms with E-state index in [9.17, 15) is 14.7 Å². The molecule has 0 fully saturated rings. The van der Waals surface area contributed by atoms with Gasteiger partial charge in [0.25, 0.3) is 0 Å². The Balaban J connectivity index is 4.24. The first-order chi connectivity index (χ1) is 5.27. The molecule has 2 atom stereocenters. The van der Waals surface area contributed by atoms with Crippen molar-refractivity contribution in [1.29, 1.82) is 0 Å². The lowest BCUT2D eigenvalue weighted by atomic mass is 9.98. The Bertz CT molecular complexity index is 200. The van der Waals surface area contributed by atoms with Crippen LogP contribution in [0.25, 0.3) is 0 Å². The number of aliphatic carboxylic acids is 2. The summed E-state index contributed by atoms with van der Waals surface area (Å²) in [6, 6.07) is -1.23. The third kappa shape index (κ3) is 2.85. The van der Waals surface area contributed by atoms with Gasteiger partial charge in [-0.05, 0) is 6.92 Å². The number of hydrogen-bond acceptors (Lipinski definition) is 4. The van der Waals surface area contributed by atoms with Crippen molar-refractivity contribution in [3.05, 3.63) is 0 Å². The normalized spacial score (nSPS) is 17.9. The average molecular weight is 177 g/mol. The predicted molar refractivity (Wildman–Crippen MR) is 34.6 cm³/mol. The number of carbonyl (C=O) groups excluding carboxylic acids is 1. The Labute approximate surface area is 68.6 Å². The molecule has 0 aliphatic heterocycles. The first-order valence-corrected chi connectivity index (χ1v) is 3.27. The maximum Gasteiger partial charge on any atom is 0.335 e. The van der Waals surface area contributed by atoms with Gasteiger partial charge < -0.3 is 25.8 Å². The van der Waals surface area contributed by atoms with Gasteiger partial charge in [-0.15, -0.1) is 0 Å². The molecule has 0 aromatic heterocycles. The predicted octanol–water partition coefficient (Wildman–Crippen LogP) is -3.43. The second-order valence-corrected chi connectivity index (χ2v) is 2.80. The molecule has 0 aliphatic rings. The number of quaternary nitrogens is 1. The summed E-state index contributed by atoms with van der Waals surface area (Å²) in [6.45, 7) is 1.01. The molecule has 0 aromatic rings. The summed E-state index contributed by atoms with van der Waals surface area (Å²) in [5.41, 5.74) is 1.06. The third-order valence-electron chi connectivity index (χ3n) is 1.44. The van der Waals surface area contributed by atoms with Gasteiger partial charge in [0.15, 0.2) is 5.60 Å². The quantitative estimate of drug-likeness (QED) is 0.412. The summed E-state index contributed by atoms with van der Waals surface area (Å²) >= 11 is 0. The molecule has 0 aromatic carbocycles. The molecule has 6 heteroatoms. The van der Waals surface area contributed by atoms with Gasteiger partial charge in [0.2, 0.25) is 0 Å². The molecule has 0 rings (SSSR count). The summed E-state index contributed by atoms with van der Waals surface area (Å²) in [5, 5.41) is 27.6. The number of carboxylic acid groups (broad SMARTS) is 2. The molecule has 0 unspecified atom stereocenters. The Kier molecular flexibility index (Phi) is 3.17. The topological polar surface area (TPSA) is 125 Å². The molecule has 12 heavy (non-hydrogen) atoms. The highest BCUT2D eigenvalue weighted by molar-refractivity contribution is 5.78. The third-order valence-corrected chi connectivity index (χ3v) is 1.44. The fraction of sp³-hybridized carbons (Fsp3) is 0.667. The summed E-state index contributed by atoms with van der Waals surface area (Å²) in [5.74, 6) is -2.95. The van der Waals surface area contributed by atoms with Crippen LogP contribution in [0, 0.1) is 0 Å². The number of carboxylic acids is 2. The van der Waals surface area contributed by atoms with Gasteiger partial charge in [0, 0.05) is 6.42 Å². The van der Waals surface area contributed by atoms with E-state index in [0.29, 0.717) is 0 Å². The van der Waals surface area contributed by atoms with Crippen molar-refractivity contribution in [2.24, 2.45) is 0 Å². The summed E-state index contributed by atoms with van der Waals surface area (Å²) in [6.07, 6.45) is -0.468. The average Bonchev–Trinajstić information content (AvgIpc) is 1.85. The van der Waals surface area contributed by atoms with Crippen molar-refractivity contribution in [2.75, 3.05) is 0 Å². The van der Waals surface area contributed by atoms with Crippen molar-refractivity contribution in [3.63, 3.8) is 0 Å². The summed E-state index contributed by atoms with van der Waals surface area (Å²) < 4.78 is 0. The van der Waals surface area contributed by atoms with Crippen molar-refractivity contribution in [3.8, 4) is 0 Å². The molecule has 0 saturated carbocycles. The molecule has 0 amide bonds. The largest absolute Gasteiger partial charge is 0.544 e. The van der Waals surface area contributed by atoms with Crippen molar-refractivity contribution in [2.45, 2.75) is 25.0 Å². The van der Waals surface area contributed by atoms with E-state index >= 15 is 0 Å². The van der Waals surface area contributed by atoms with Crippen LogP contribution < -0.4 is 10.8 Å². The Morgan fingerprint density at radius 1 is 1.67 bits per heavy atom. The van der Waals surface area contributed by atoms with Gasteiger partial charge in [-0.3, -0.25) is 0 Å². The molecule has 70 valence electrons. The van der Waals surface area contributed by atoms with Crippen LogP contribution in [0.3, 0.4) is 0 Å². The lowest BCUT2D eigenvalue weighted by molar-refractivity contribution is -0.442. The zero-order chi connectivity index (χ0) is 9.94. The van der Waals surface area contributed by atoms with Crippen LogP contribution in [0.5, 0.6) is 0 Å². The monoisotopic (exact) mass is 177 g/mol. The van der Waals surface area contributed by atoms with Crippen LogP contribution in [0.15, 0.2) is 0 Å². The van der Waals surface area contributed by atoms with Crippen molar-refractivity contribution < 1.29 is 30.6 Å². The number of carbonyl (C=O) groups is 2. The zero-order valence-electron chi connectivity index (χ0n) is 6.61. The Morgan fingerprint density at radius 2 is 2.08 bits per heavy atom. The zero-order valence-corrected chi connectivity index (χ0v) is 6.61. The van der Waals surface area contributed by atoms with E-state index in [-0.39, 0.29) is 0 Å². The minimum Gasteiger partial charge on any atom is -0.544 e. The maximum atomic E-state index is 10.3. The van der Waals surface area contributed by atoms with Gasteiger partial charge in [0.1, 0.15) is 6.04 Å². The molecular formula is C6H11NO5. The molecule has 0 radical (unpaired) electrons. The molecule has 6 nitrogen and oxygen atoms in total. The van der Waals surface area contributed by atoms with E-state index in [1.807, 2.05) is 0 Å². The molecule has 0 bridgehead atoms. The Hall–Kier alpha value is -1.14. The van der Waals surface area contributed by atoms with Crippen LogP contribution in [-0.4, -0.2) is 33.8 Å². The summed E-state index contributed by atoms with van der Waals surface area (Å²) in [4.78, 5) is 20.4. The standard InChI is InChI=1S/C6H11NO5/c1-6(12,5(10)11)2-3(7)4(8)9/h3,12H,2,7H2,1H3,(H,8,9)(H,10,11)/t3-,6+/m0/s1. The Morgan fingerprint density at radius 3 is 2.33 bits per heavy atom. The molecule has 0 saturated heterocycles. The van der Waals surface area contributed by atoms with Crippen LogP contribution in [0.4, 0.5) is 0 Å². The van der Waals surface area contributed by atoms with E-state index in [1.54, 1.807) is 0 Å². The van der Waals surface area contributed by atoms with Crippen LogP contribution >= 0.6 is 0 Å². The first kappa shape index (κ1) is 10.9. The van der Waals surface area contributed by atoms with E-state index in [1.165, 1.54) is 0 Å². The van der Waals surface area contributed by atoms with Crippen LogP contribution in [0.1, 0.15) is 13.3 Å². The minimum absolute atomic E-state index is 0.468. The van der Waals surface area contributed by atoms with E-state index in [2.05, 4.69) is 5.73 Å². The van der Waals surface area contributed by atoms with Gasteiger partial charge in [0.05, 0.1) is 5.97 Å². The summed E-state index contributed by atoms with van der Waals surface area (Å²) in [7, 11) is 0. The van der Waals surface area contributed by atoms with Gasteiger partial charge >= 0.3 is 5.97 Å². The second kappa shape index (κ2) is 3.51. The molecule has 0 heterocycles. The highest BCUT2D eigenvalue weighted by Crippen LogP contribution is 2.09. The highest BCUT2D eigenvalue weighted by Gasteiger charge is 2.33. The fourth-order valence-electron chi connectivity index (χ4n) is 0.650. The number of aliphatic hydroxyl groups is 1. The smallest absolute Gasteiger partial charge is 0.335 e. The lowest BCUT2D eigenvalue weighted by Gasteiger charge is -2.20. The first-order valence-electron chi connectivity index (χ1n) is 3.27. The fourth-order valence-corrected chi connectivity index (χ4v) is 0.650. The van der Waals surface area contributed by atoms with Gasteiger partial charge in [-0.2, -0.15) is 0 Å².